The van der Waals surface area contributed by atoms with E-state index in [-0.39, 0.29) is 11.6 Å². The third-order valence-corrected chi connectivity index (χ3v) is 4.32. The molecule has 2 unspecified atom stereocenters. The van der Waals surface area contributed by atoms with Crippen molar-refractivity contribution < 1.29 is 19.0 Å². The van der Waals surface area contributed by atoms with Gasteiger partial charge in [-0.1, -0.05) is 0 Å². The molecule has 2 aliphatic rings. The number of hydrogen-bond donors (Lipinski definition) is 2. The van der Waals surface area contributed by atoms with Crippen LogP contribution in [-0.2, 0) is 14.2 Å². The molecule has 3 rings (SSSR count). The molecule has 6 nitrogen and oxygen atoms in total. The first kappa shape index (κ1) is 17.0. The molecular formula is C18H26N2O4. The summed E-state index contributed by atoms with van der Waals surface area (Å²) >= 11 is 0. The molecule has 2 heterocycles. The van der Waals surface area contributed by atoms with E-state index in [9.17, 15) is 4.79 Å². The summed E-state index contributed by atoms with van der Waals surface area (Å²) < 4.78 is 17.1. The average molecular weight is 334 g/mol. The van der Waals surface area contributed by atoms with Crippen LogP contribution in [0.1, 0.15) is 44.0 Å². The van der Waals surface area contributed by atoms with E-state index in [1.807, 2.05) is 20.8 Å². The quantitative estimate of drug-likeness (QED) is 0.650. The number of nitrogens with two attached hydrogens (primary N) is 1. The Hall–Kier alpha value is -1.79. The number of nitrogen functional groups attached to an aromatic ring is 1. The number of esters is 1. The molecule has 132 valence electrons. The van der Waals surface area contributed by atoms with Gasteiger partial charge in [-0.3, -0.25) is 0 Å². The van der Waals surface area contributed by atoms with Crippen molar-refractivity contribution in [2.24, 2.45) is 0 Å². The van der Waals surface area contributed by atoms with Crippen LogP contribution in [0.5, 0.6) is 0 Å². The largest absolute Gasteiger partial charge is 0.456 e. The Labute approximate surface area is 142 Å². The second-order valence-electron chi connectivity index (χ2n) is 7.61. The molecule has 2 bridgehead atoms. The van der Waals surface area contributed by atoms with Crippen LogP contribution in [0, 0.1) is 0 Å². The lowest BCUT2D eigenvalue weighted by molar-refractivity contribution is -0.0419. The van der Waals surface area contributed by atoms with Gasteiger partial charge in [-0.2, -0.15) is 0 Å². The molecule has 2 saturated heterocycles. The first-order valence-electron chi connectivity index (χ1n) is 8.39. The van der Waals surface area contributed by atoms with Crippen LogP contribution >= 0.6 is 0 Å². The topological polar surface area (TPSA) is 82.8 Å². The fraction of sp³-hybridized carbons (Fsp3) is 0.611. The number of carbonyl (C=O) groups is 1. The minimum absolute atomic E-state index is 0.294. The highest BCUT2D eigenvalue weighted by atomic mass is 16.6. The van der Waals surface area contributed by atoms with Crippen molar-refractivity contribution in [1.29, 1.82) is 0 Å². The van der Waals surface area contributed by atoms with Crippen molar-refractivity contribution in [1.82, 2.24) is 0 Å². The lowest BCUT2D eigenvalue weighted by Gasteiger charge is -2.32. The van der Waals surface area contributed by atoms with E-state index >= 15 is 0 Å². The molecule has 2 fully saturated rings. The van der Waals surface area contributed by atoms with E-state index in [0.717, 1.165) is 19.4 Å². The zero-order valence-electron chi connectivity index (χ0n) is 14.6. The maximum Gasteiger partial charge on any atom is 0.338 e. The van der Waals surface area contributed by atoms with E-state index in [4.69, 9.17) is 19.9 Å². The maximum absolute atomic E-state index is 12.2. The SMILES string of the molecule is CC(C)(C)OC(=O)c1ccc(N)c(NCC23COC(CCO2)C3)c1. The van der Waals surface area contributed by atoms with E-state index in [2.05, 4.69) is 5.32 Å². The summed E-state index contributed by atoms with van der Waals surface area (Å²) in [6.07, 6.45) is 2.15. The Morgan fingerprint density at radius 3 is 3.00 bits per heavy atom. The van der Waals surface area contributed by atoms with Crippen LogP contribution < -0.4 is 11.1 Å². The Balaban J connectivity index is 1.69. The third kappa shape index (κ3) is 3.82. The molecule has 0 aliphatic carbocycles. The van der Waals surface area contributed by atoms with Gasteiger partial charge in [-0.05, 0) is 45.4 Å². The van der Waals surface area contributed by atoms with Gasteiger partial charge in [0.05, 0.1) is 36.3 Å². The molecule has 0 spiro atoms. The minimum Gasteiger partial charge on any atom is -0.456 e. The van der Waals surface area contributed by atoms with Crippen molar-refractivity contribution in [3.63, 3.8) is 0 Å². The fourth-order valence-electron chi connectivity index (χ4n) is 3.10. The van der Waals surface area contributed by atoms with Crippen LogP contribution in [-0.4, -0.2) is 43.0 Å². The van der Waals surface area contributed by atoms with Gasteiger partial charge < -0.3 is 25.3 Å². The molecule has 0 aromatic heterocycles. The molecule has 0 amide bonds. The number of fused-ring (bicyclic) bond motifs is 2. The molecule has 0 saturated carbocycles. The lowest BCUT2D eigenvalue weighted by atomic mass is 9.95. The molecule has 0 radical (unpaired) electrons. The van der Waals surface area contributed by atoms with Gasteiger partial charge in [0.1, 0.15) is 11.2 Å². The molecule has 1 aromatic rings. The second kappa shape index (κ2) is 6.26. The summed E-state index contributed by atoms with van der Waals surface area (Å²) in [5, 5.41) is 3.32. The highest BCUT2D eigenvalue weighted by molar-refractivity contribution is 5.92. The molecule has 6 heteroatoms. The summed E-state index contributed by atoms with van der Waals surface area (Å²) in [4.78, 5) is 12.2. The van der Waals surface area contributed by atoms with Gasteiger partial charge in [0.15, 0.2) is 0 Å². The van der Waals surface area contributed by atoms with Crippen LogP contribution in [0.3, 0.4) is 0 Å². The molecule has 2 aliphatic heterocycles. The fourth-order valence-corrected chi connectivity index (χ4v) is 3.10. The van der Waals surface area contributed by atoms with Gasteiger partial charge >= 0.3 is 5.97 Å². The summed E-state index contributed by atoms with van der Waals surface area (Å²) in [5.41, 5.74) is 6.99. The molecule has 1 aromatic carbocycles. The third-order valence-electron chi connectivity index (χ3n) is 4.32. The number of nitrogens with one attached hydrogen (secondary N) is 1. The van der Waals surface area contributed by atoms with Crippen LogP contribution in [0.15, 0.2) is 18.2 Å². The molecule has 2 atom stereocenters. The average Bonchev–Trinajstić information content (AvgIpc) is 2.79. The molecular weight excluding hydrogens is 308 g/mol. The predicted molar refractivity (Wildman–Crippen MR) is 92.2 cm³/mol. The summed E-state index contributed by atoms with van der Waals surface area (Å²) in [6, 6.07) is 5.13. The highest BCUT2D eigenvalue weighted by Gasteiger charge is 2.44. The van der Waals surface area contributed by atoms with Crippen molar-refractivity contribution in [3.05, 3.63) is 23.8 Å². The van der Waals surface area contributed by atoms with Crippen LogP contribution in [0.2, 0.25) is 0 Å². The number of carbonyl (C=O) groups excluding carboxylic acids is 1. The highest BCUT2D eigenvalue weighted by Crippen LogP contribution is 2.35. The lowest BCUT2D eigenvalue weighted by Crippen LogP contribution is -2.43. The first-order valence-corrected chi connectivity index (χ1v) is 8.39. The Kier molecular flexibility index (Phi) is 4.44. The maximum atomic E-state index is 12.2. The summed E-state index contributed by atoms with van der Waals surface area (Å²) in [5.74, 6) is -0.359. The van der Waals surface area contributed by atoms with Gasteiger partial charge in [0.25, 0.3) is 0 Å². The van der Waals surface area contributed by atoms with E-state index < -0.39 is 5.60 Å². The smallest absolute Gasteiger partial charge is 0.338 e. The standard InChI is InChI=1S/C18H26N2O4/c1-17(2,3)24-16(21)12-4-5-14(19)15(8-12)20-10-18-9-13(22-11-18)6-7-23-18/h4-5,8,13,20H,6-7,9-11,19H2,1-3H3. The Morgan fingerprint density at radius 2 is 2.25 bits per heavy atom. The second-order valence-corrected chi connectivity index (χ2v) is 7.61. The summed E-state index contributed by atoms with van der Waals surface area (Å²) in [6.45, 7) is 7.45. The zero-order valence-corrected chi connectivity index (χ0v) is 14.6. The zero-order chi connectivity index (χ0) is 17.4. The van der Waals surface area contributed by atoms with Crippen LogP contribution in [0.4, 0.5) is 11.4 Å². The van der Waals surface area contributed by atoms with Gasteiger partial charge in [-0.15, -0.1) is 0 Å². The van der Waals surface area contributed by atoms with Crippen molar-refractivity contribution >= 4 is 17.3 Å². The number of benzene rings is 1. The van der Waals surface area contributed by atoms with Gasteiger partial charge in [0.2, 0.25) is 0 Å². The molecule has 3 N–H and O–H groups in total. The van der Waals surface area contributed by atoms with E-state index in [1.54, 1.807) is 18.2 Å². The monoisotopic (exact) mass is 334 g/mol. The number of anilines is 2. The van der Waals surface area contributed by atoms with Crippen molar-refractivity contribution in [2.75, 3.05) is 30.8 Å². The van der Waals surface area contributed by atoms with Crippen molar-refractivity contribution in [2.45, 2.75) is 50.9 Å². The Morgan fingerprint density at radius 1 is 1.46 bits per heavy atom. The summed E-state index contributed by atoms with van der Waals surface area (Å²) in [7, 11) is 0. The number of ether oxygens (including phenoxy) is 3. The van der Waals surface area contributed by atoms with E-state index in [1.165, 1.54) is 0 Å². The van der Waals surface area contributed by atoms with Crippen molar-refractivity contribution in [3.8, 4) is 0 Å². The normalized spacial score (nSPS) is 26.2. The predicted octanol–water partition coefficient (Wildman–Crippen LogP) is 2.58. The minimum atomic E-state index is -0.531. The van der Waals surface area contributed by atoms with E-state index in [0.29, 0.717) is 36.2 Å². The van der Waals surface area contributed by atoms with Gasteiger partial charge in [-0.25, -0.2) is 4.79 Å². The molecule has 24 heavy (non-hydrogen) atoms. The van der Waals surface area contributed by atoms with Gasteiger partial charge in [0, 0.05) is 13.0 Å². The Bertz CT molecular complexity index is 622. The first-order chi connectivity index (χ1) is 11.3. The number of hydrogen-bond acceptors (Lipinski definition) is 6. The van der Waals surface area contributed by atoms with Crippen LogP contribution in [0.25, 0.3) is 0 Å². The number of rotatable bonds is 4.